The molecule has 3 rings (SSSR count). The minimum atomic E-state index is -3.30. The number of rotatable bonds is 10. The number of halogens is 1. The third-order valence-electron chi connectivity index (χ3n) is 6.45. The van der Waals surface area contributed by atoms with Crippen LogP contribution in [0.25, 0.3) is 0 Å². The highest BCUT2D eigenvalue weighted by molar-refractivity contribution is 6.22. The summed E-state index contributed by atoms with van der Waals surface area (Å²) in [5.41, 5.74) is -5.39. The van der Waals surface area contributed by atoms with E-state index in [1.165, 1.54) is 12.1 Å². The van der Waals surface area contributed by atoms with E-state index in [1.807, 2.05) is 0 Å². The third-order valence-corrected chi connectivity index (χ3v) is 6.92. The van der Waals surface area contributed by atoms with Crippen molar-refractivity contribution >= 4 is 34.9 Å². The normalized spacial score (nSPS) is 29.2. The van der Waals surface area contributed by atoms with Gasteiger partial charge in [-0.1, -0.05) is 18.2 Å². The first kappa shape index (κ1) is 30.3. The van der Waals surface area contributed by atoms with Crippen LogP contribution in [0, 0.1) is 0 Å². The summed E-state index contributed by atoms with van der Waals surface area (Å²) in [6.07, 6.45) is -2.59. The molecule has 13 heteroatoms. The predicted octanol–water partition coefficient (Wildman–Crippen LogP) is 0.968. The number of carbonyl (C=O) groups excluding carboxylic acids is 4. The number of esters is 1. The number of nitrogens with zero attached hydrogens (tertiary/aromatic N) is 1. The first-order chi connectivity index (χ1) is 18.3. The zero-order valence-electron chi connectivity index (χ0n) is 21.5. The SMILES string of the molecule is CC(=O)O[C@@]1(C(C)=O)[C@@](OOc2ccc(C(Cl)c3ccccn3)cc2)(C(C)=O)O[C@H](CO)[C@H](O)[C@@]1(O)C(C)=O. The Balaban J connectivity index is 2.09. The molecule has 1 unspecified atom stereocenters. The van der Waals surface area contributed by atoms with E-state index in [-0.39, 0.29) is 5.75 Å². The van der Waals surface area contributed by atoms with E-state index in [4.69, 9.17) is 30.8 Å². The summed E-state index contributed by atoms with van der Waals surface area (Å²) in [7, 11) is 0. The monoisotopic (exact) mass is 565 g/mol. The number of hydrogen-bond donors (Lipinski definition) is 3. The molecule has 2 heterocycles. The second kappa shape index (κ2) is 11.5. The molecule has 0 amide bonds. The van der Waals surface area contributed by atoms with Crippen molar-refractivity contribution < 1.29 is 53.7 Å². The molecular formula is C26H28ClNO11. The fraction of sp³-hybridized carbons (Fsp3) is 0.423. The van der Waals surface area contributed by atoms with Crippen LogP contribution in [0.1, 0.15) is 44.3 Å². The van der Waals surface area contributed by atoms with Crippen molar-refractivity contribution in [2.45, 2.75) is 62.3 Å². The number of benzene rings is 1. The minimum Gasteiger partial charge on any atom is -0.441 e. The van der Waals surface area contributed by atoms with Gasteiger partial charge in [0.25, 0.3) is 5.60 Å². The summed E-state index contributed by atoms with van der Waals surface area (Å²) in [5.74, 6) is -8.22. The minimum absolute atomic E-state index is 0.0637. The van der Waals surface area contributed by atoms with Crippen molar-refractivity contribution in [3.8, 4) is 5.75 Å². The smallest absolute Gasteiger partial charge is 0.323 e. The Bertz CT molecular complexity index is 1240. The maximum Gasteiger partial charge on any atom is 0.323 e. The van der Waals surface area contributed by atoms with E-state index in [2.05, 4.69) is 4.98 Å². The van der Waals surface area contributed by atoms with E-state index in [0.29, 0.717) is 11.3 Å². The molecule has 1 fully saturated rings. The number of aliphatic hydroxyl groups is 3. The maximum absolute atomic E-state index is 13.2. The van der Waals surface area contributed by atoms with Crippen LogP contribution in [0.2, 0.25) is 0 Å². The molecular weight excluding hydrogens is 538 g/mol. The molecule has 1 aliphatic rings. The molecule has 0 saturated carbocycles. The van der Waals surface area contributed by atoms with Gasteiger partial charge in [0.2, 0.25) is 5.60 Å². The average molecular weight is 566 g/mol. The van der Waals surface area contributed by atoms with Crippen LogP contribution in [0.5, 0.6) is 5.75 Å². The predicted molar refractivity (Wildman–Crippen MR) is 132 cm³/mol. The molecule has 0 bridgehead atoms. The molecule has 0 aliphatic carbocycles. The lowest BCUT2D eigenvalue weighted by molar-refractivity contribution is -0.450. The molecule has 2 aromatic rings. The molecule has 1 aromatic heterocycles. The Morgan fingerprint density at radius 1 is 1.03 bits per heavy atom. The third kappa shape index (κ3) is 4.95. The molecule has 39 heavy (non-hydrogen) atoms. The van der Waals surface area contributed by atoms with E-state index in [0.717, 1.165) is 27.7 Å². The molecule has 6 atom stereocenters. The largest absolute Gasteiger partial charge is 0.441 e. The first-order valence-corrected chi connectivity index (χ1v) is 12.1. The van der Waals surface area contributed by atoms with Gasteiger partial charge < -0.3 is 29.7 Å². The highest BCUT2D eigenvalue weighted by Crippen LogP contribution is 2.50. The van der Waals surface area contributed by atoms with Crippen molar-refractivity contribution in [1.82, 2.24) is 4.98 Å². The Morgan fingerprint density at radius 2 is 1.67 bits per heavy atom. The lowest BCUT2D eigenvalue weighted by Gasteiger charge is -2.57. The lowest BCUT2D eigenvalue weighted by Crippen LogP contribution is -2.86. The summed E-state index contributed by atoms with van der Waals surface area (Å²) < 4.78 is 10.7. The van der Waals surface area contributed by atoms with Crippen LogP contribution in [-0.4, -0.2) is 79.4 Å². The summed E-state index contributed by atoms with van der Waals surface area (Å²) in [5, 5.41) is 31.5. The molecule has 210 valence electrons. The van der Waals surface area contributed by atoms with E-state index < -0.39 is 64.5 Å². The molecule has 3 N–H and O–H groups in total. The standard InChI is InChI=1S/C26H28ClNO11/c1-14(30)24(35)23(34)21(13-29)37-26(16(3)32,25(24,15(2)31)36-17(4)33)39-38-19-10-8-18(9-11-19)22(27)20-7-5-6-12-28-20/h5-12,21-23,29,34-35H,13H2,1-4H3/t21-,22?,23+,24+,25-,26+/m1/s1. The lowest BCUT2D eigenvalue weighted by atomic mass is 9.64. The number of aliphatic hydroxyl groups excluding tert-OH is 2. The second-order valence-electron chi connectivity index (χ2n) is 8.96. The first-order valence-electron chi connectivity index (χ1n) is 11.7. The number of hydrogen-bond acceptors (Lipinski definition) is 12. The van der Waals surface area contributed by atoms with Crippen molar-refractivity contribution in [3.63, 3.8) is 0 Å². The molecule has 1 aromatic carbocycles. The van der Waals surface area contributed by atoms with Crippen LogP contribution in [-0.2, 0) is 33.5 Å². The maximum atomic E-state index is 13.2. The van der Waals surface area contributed by atoms with E-state index in [1.54, 1.807) is 36.5 Å². The average Bonchev–Trinajstić information content (AvgIpc) is 2.90. The number of pyridine rings is 1. The Morgan fingerprint density at radius 3 is 2.13 bits per heavy atom. The summed E-state index contributed by atoms with van der Waals surface area (Å²) in [4.78, 5) is 66.1. The Hall–Kier alpha value is -3.26. The van der Waals surface area contributed by atoms with E-state index >= 15 is 0 Å². The number of carbonyl (C=O) groups is 4. The van der Waals surface area contributed by atoms with Crippen LogP contribution in [0.4, 0.5) is 0 Å². The van der Waals surface area contributed by atoms with Crippen LogP contribution < -0.4 is 4.89 Å². The summed E-state index contributed by atoms with van der Waals surface area (Å²) in [6, 6.07) is 11.2. The molecule has 1 aliphatic heterocycles. The van der Waals surface area contributed by atoms with Crippen molar-refractivity contribution in [2.24, 2.45) is 0 Å². The molecule has 0 radical (unpaired) electrons. The van der Waals surface area contributed by atoms with Gasteiger partial charge in [-0.3, -0.25) is 24.2 Å². The molecule has 1 saturated heterocycles. The fourth-order valence-corrected chi connectivity index (χ4v) is 4.85. The topological polar surface area (TPSA) is 179 Å². The van der Waals surface area contributed by atoms with Crippen molar-refractivity contribution in [2.75, 3.05) is 6.61 Å². The number of Topliss-reactive ketones (excluding diaryl/α,β-unsaturated/α-hetero) is 3. The summed E-state index contributed by atoms with van der Waals surface area (Å²) in [6.45, 7) is 2.23. The number of ketones is 3. The quantitative estimate of drug-likeness (QED) is 0.161. The van der Waals surface area contributed by atoms with Crippen molar-refractivity contribution in [1.29, 1.82) is 0 Å². The highest BCUT2D eigenvalue weighted by Gasteiger charge is 2.82. The van der Waals surface area contributed by atoms with Gasteiger partial charge in [0.15, 0.2) is 23.1 Å². The Labute approximate surface area is 228 Å². The van der Waals surface area contributed by atoms with Crippen molar-refractivity contribution in [3.05, 3.63) is 59.9 Å². The van der Waals surface area contributed by atoms with Gasteiger partial charge in [-0.15, -0.1) is 16.5 Å². The highest BCUT2D eigenvalue weighted by atomic mass is 35.5. The van der Waals surface area contributed by atoms with E-state index in [9.17, 15) is 34.5 Å². The van der Waals surface area contributed by atoms with Gasteiger partial charge in [0, 0.05) is 20.0 Å². The van der Waals surface area contributed by atoms with Crippen LogP contribution in [0.15, 0.2) is 48.7 Å². The zero-order chi connectivity index (χ0) is 29.2. The molecule has 0 spiro atoms. The second-order valence-corrected chi connectivity index (χ2v) is 9.40. The Kier molecular flexibility index (Phi) is 8.90. The van der Waals surface area contributed by atoms with Gasteiger partial charge in [0.1, 0.15) is 17.6 Å². The number of aromatic nitrogens is 1. The van der Waals surface area contributed by atoms with Gasteiger partial charge in [-0.2, -0.15) is 0 Å². The summed E-state index contributed by atoms with van der Waals surface area (Å²) >= 11 is 6.48. The molecule has 12 nitrogen and oxygen atoms in total. The van der Waals surface area contributed by atoms with Gasteiger partial charge >= 0.3 is 11.8 Å². The number of alkyl halides is 1. The van der Waals surface area contributed by atoms with Gasteiger partial charge in [0.05, 0.1) is 12.3 Å². The van der Waals surface area contributed by atoms with Crippen LogP contribution in [0.3, 0.4) is 0 Å². The van der Waals surface area contributed by atoms with Gasteiger partial charge in [-0.05, 0) is 43.7 Å². The van der Waals surface area contributed by atoms with Crippen LogP contribution >= 0.6 is 11.6 Å². The number of ether oxygens (including phenoxy) is 2. The zero-order valence-corrected chi connectivity index (χ0v) is 22.2. The van der Waals surface area contributed by atoms with Gasteiger partial charge in [-0.25, -0.2) is 0 Å². The fourth-order valence-electron chi connectivity index (χ4n) is 4.58.